The van der Waals surface area contributed by atoms with Crippen LogP contribution in [0.2, 0.25) is 5.02 Å². The van der Waals surface area contributed by atoms with Crippen molar-refractivity contribution in [2.45, 2.75) is 25.4 Å². The van der Waals surface area contributed by atoms with Gasteiger partial charge in [-0.15, -0.1) is 0 Å². The lowest BCUT2D eigenvalue weighted by atomic mass is 10.1. The van der Waals surface area contributed by atoms with E-state index in [1.807, 2.05) is 29.2 Å². The van der Waals surface area contributed by atoms with Crippen LogP contribution in [-0.4, -0.2) is 31.1 Å². The summed E-state index contributed by atoms with van der Waals surface area (Å²) < 4.78 is 10.5. The molecule has 1 aliphatic rings. The minimum absolute atomic E-state index is 0.00778. The summed E-state index contributed by atoms with van der Waals surface area (Å²) >= 11 is 5.94. The van der Waals surface area contributed by atoms with Crippen LogP contribution in [0.1, 0.15) is 28.8 Å². The molecule has 0 atom stereocenters. The fourth-order valence-electron chi connectivity index (χ4n) is 2.67. The lowest BCUT2D eigenvalue weighted by molar-refractivity contribution is 0.0729. The molecular weight excluding hydrogens is 326 g/mol. The fourth-order valence-corrected chi connectivity index (χ4v) is 2.80. The van der Waals surface area contributed by atoms with Gasteiger partial charge in [-0.05, 0) is 48.7 Å². The molecule has 0 bridgehead atoms. The summed E-state index contributed by atoms with van der Waals surface area (Å²) in [6.45, 7) is 0.578. The van der Waals surface area contributed by atoms with Gasteiger partial charge in [0, 0.05) is 23.2 Å². The molecule has 0 unspecified atom stereocenters. The van der Waals surface area contributed by atoms with E-state index in [2.05, 4.69) is 0 Å². The Hall–Kier alpha value is -2.20. The molecule has 3 rings (SSSR count). The van der Waals surface area contributed by atoms with Gasteiger partial charge >= 0.3 is 0 Å². The van der Waals surface area contributed by atoms with Crippen LogP contribution in [0.25, 0.3) is 0 Å². The molecule has 1 saturated carbocycles. The summed E-state index contributed by atoms with van der Waals surface area (Å²) in [5.74, 6) is 1.18. The molecule has 0 aliphatic heterocycles. The zero-order valence-corrected chi connectivity index (χ0v) is 14.5. The molecule has 0 spiro atoms. The summed E-state index contributed by atoms with van der Waals surface area (Å²) in [7, 11) is 3.15. The average Bonchev–Trinajstić information content (AvgIpc) is 3.45. The third-order valence-electron chi connectivity index (χ3n) is 4.15. The highest BCUT2D eigenvalue weighted by molar-refractivity contribution is 6.30. The maximum absolute atomic E-state index is 13.0. The fraction of sp³-hybridized carbons (Fsp3) is 0.316. The number of amides is 1. The van der Waals surface area contributed by atoms with Crippen molar-refractivity contribution in [2.75, 3.05) is 14.2 Å². The van der Waals surface area contributed by atoms with Gasteiger partial charge in [0.05, 0.1) is 14.2 Å². The number of ether oxygens (including phenoxy) is 2. The SMILES string of the molecule is COc1ccc(C(=O)N(Cc2ccc(Cl)cc2)C2CC2)cc1OC. The van der Waals surface area contributed by atoms with Crippen LogP contribution in [0.15, 0.2) is 42.5 Å². The number of methoxy groups -OCH3 is 2. The van der Waals surface area contributed by atoms with Crippen LogP contribution in [0.4, 0.5) is 0 Å². The number of hydrogen-bond donors (Lipinski definition) is 0. The largest absolute Gasteiger partial charge is 0.493 e. The highest BCUT2D eigenvalue weighted by Gasteiger charge is 2.33. The third-order valence-corrected chi connectivity index (χ3v) is 4.40. The maximum Gasteiger partial charge on any atom is 0.254 e. The van der Waals surface area contributed by atoms with Gasteiger partial charge in [-0.1, -0.05) is 23.7 Å². The molecule has 1 aliphatic carbocycles. The molecule has 1 amide bonds. The number of carbonyl (C=O) groups excluding carboxylic acids is 1. The van der Waals surface area contributed by atoms with E-state index in [0.29, 0.717) is 34.7 Å². The molecule has 0 aromatic heterocycles. The van der Waals surface area contributed by atoms with Crippen LogP contribution in [0.5, 0.6) is 11.5 Å². The third kappa shape index (κ3) is 3.65. The Labute approximate surface area is 146 Å². The number of hydrogen-bond acceptors (Lipinski definition) is 3. The second-order valence-electron chi connectivity index (χ2n) is 5.86. The Morgan fingerprint density at radius 1 is 1.08 bits per heavy atom. The first-order valence-corrected chi connectivity index (χ1v) is 8.27. The standard InChI is InChI=1S/C19H20ClNO3/c1-23-17-10-5-14(11-18(17)24-2)19(22)21(16-8-9-16)12-13-3-6-15(20)7-4-13/h3-7,10-11,16H,8-9,12H2,1-2H3. The van der Waals surface area contributed by atoms with E-state index in [4.69, 9.17) is 21.1 Å². The lowest BCUT2D eigenvalue weighted by Gasteiger charge is -2.23. The molecule has 0 heterocycles. The highest BCUT2D eigenvalue weighted by Crippen LogP contribution is 2.32. The summed E-state index contributed by atoms with van der Waals surface area (Å²) in [5, 5.41) is 0.697. The molecule has 1 fully saturated rings. The van der Waals surface area contributed by atoms with Gasteiger partial charge in [0.15, 0.2) is 11.5 Å². The predicted octanol–water partition coefficient (Wildman–Crippen LogP) is 4.16. The molecule has 0 N–H and O–H groups in total. The predicted molar refractivity (Wildman–Crippen MR) is 93.9 cm³/mol. The molecule has 0 radical (unpaired) electrons. The van der Waals surface area contributed by atoms with Gasteiger partial charge in [-0.3, -0.25) is 4.79 Å². The summed E-state index contributed by atoms with van der Waals surface area (Å²) in [6.07, 6.45) is 2.10. The van der Waals surface area contributed by atoms with E-state index in [-0.39, 0.29) is 5.91 Å². The van der Waals surface area contributed by atoms with Crippen molar-refractivity contribution in [3.8, 4) is 11.5 Å². The smallest absolute Gasteiger partial charge is 0.254 e. The molecule has 4 nitrogen and oxygen atoms in total. The second kappa shape index (κ2) is 7.14. The maximum atomic E-state index is 13.0. The molecule has 2 aromatic carbocycles. The van der Waals surface area contributed by atoms with Crippen LogP contribution >= 0.6 is 11.6 Å². The molecule has 24 heavy (non-hydrogen) atoms. The molecule has 126 valence electrons. The van der Waals surface area contributed by atoms with Gasteiger partial charge in [-0.2, -0.15) is 0 Å². The van der Waals surface area contributed by atoms with E-state index >= 15 is 0 Å². The summed E-state index contributed by atoms with van der Waals surface area (Å²) in [5.41, 5.74) is 1.67. The number of nitrogens with zero attached hydrogens (tertiary/aromatic N) is 1. The van der Waals surface area contributed by atoms with E-state index in [1.165, 1.54) is 0 Å². The number of carbonyl (C=O) groups is 1. The van der Waals surface area contributed by atoms with E-state index < -0.39 is 0 Å². The zero-order chi connectivity index (χ0) is 17.1. The molecule has 5 heteroatoms. The lowest BCUT2D eigenvalue weighted by Crippen LogP contribution is -2.32. The second-order valence-corrected chi connectivity index (χ2v) is 6.30. The normalized spacial score (nSPS) is 13.5. The van der Waals surface area contributed by atoms with Crippen molar-refractivity contribution < 1.29 is 14.3 Å². The number of benzene rings is 2. The van der Waals surface area contributed by atoms with Crippen LogP contribution in [0, 0.1) is 0 Å². The van der Waals surface area contributed by atoms with Crippen LogP contribution in [0.3, 0.4) is 0 Å². The Morgan fingerprint density at radius 2 is 1.75 bits per heavy atom. The van der Waals surface area contributed by atoms with Gasteiger partial charge in [0.2, 0.25) is 0 Å². The van der Waals surface area contributed by atoms with Crippen molar-refractivity contribution in [3.63, 3.8) is 0 Å². The van der Waals surface area contributed by atoms with Crippen molar-refractivity contribution in [3.05, 3.63) is 58.6 Å². The van der Waals surface area contributed by atoms with E-state index in [1.54, 1.807) is 32.4 Å². The molecular formula is C19H20ClNO3. The Morgan fingerprint density at radius 3 is 2.33 bits per heavy atom. The first kappa shape index (κ1) is 16.7. The van der Waals surface area contributed by atoms with Gasteiger partial charge in [-0.25, -0.2) is 0 Å². The molecule has 2 aromatic rings. The Bertz CT molecular complexity index is 726. The quantitative estimate of drug-likeness (QED) is 0.789. The van der Waals surface area contributed by atoms with Crippen molar-refractivity contribution >= 4 is 17.5 Å². The number of rotatable bonds is 6. The van der Waals surface area contributed by atoms with Crippen molar-refractivity contribution in [2.24, 2.45) is 0 Å². The van der Waals surface area contributed by atoms with E-state index in [9.17, 15) is 4.79 Å². The topological polar surface area (TPSA) is 38.8 Å². The molecule has 0 saturated heterocycles. The van der Waals surface area contributed by atoms with Gasteiger partial charge < -0.3 is 14.4 Å². The van der Waals surface area contributed by atoms with Gasteiger partial charge in [0.25, 0.3) is 5.91 Å². The van der Waals surface area contributed by atoms with Crippen molar-refractivity contribution in [1.29, 1.82) is 0 Å². The Kier molecular flexibility index (Phi) is 4.95. The monoisotopic (exact) mass is 345 g/mol. The van der Waals surface area contributed by atoms with Crippen molar-refractivity contribution in [1.82, 2.24) is 4.90 Å². The number of halogens is 1. The van der Waals surface area contributed by atoms with E-state index in [0.717, 1.165) is 18.4 Å². The minimum Gasteiger partial charge on any atom is -0.493 e. The zero-order valence-electron chi connectivity index (χ0n) is 13.8. The van der Waals surface area contributed by atoms with Crippen LogP contribution < -0.4 is 9.47 Å². The summed E-state index contributed by atoms with van der Waals surface area (Å²) in [4.78, 5) is 14.9. The highest BCUT2D eigenvalue weighted by atomic mass is 35.5. The first-order chi connectivity index (χ1) is 11.6. The average molecular weight is 346 g/mol. The minimum atomic E-state index is 0.00778. The summed E-state index contributed by atoms with van der Waals surface area (Å²) in [6, 6.07) is 13.2. The Balaban J connectivity index is 1.83. The van der Waals surface area contributed by atoms with Gasteiger partial charge in [0.1, 0.15) is 0 Å². The first-order valence-electron chi connectivity index (χ1n) is 7.90. The van der Waals surface area contributed by atoms with Crippen LogP contribution in [-0.2, 0) is 6.54 Å².